The van der Waals surface area contributed by atoms with Crippen molar-refractivity contribution in [2.45, 2.75) is 12.8 Å². The first-order valence-corrected chi connectivity index (χ1v) is 12.1. The van der Waals surface area contributed by atoms with Crippen molar-refractivity contribution in [3.63, 3.8) is 0 Å². The van der Waals surface area contributed by atoms with Crippen LogP contribution in [0.3, 0.4) is 0 Å². The highest BCUT2D eigenvalue weighted by molar-refractivity contribution is 5.76. The van der Waals surface area contributed by atoms with Crippen LogP contribution in [0.25, 0.3) is 39.5 Å². The van der Waals surface area contributed by atoms with E-state index in [9.17, 15) is 0 Å². The first-order chi connectivity index (χ1) is 17.7. The Morgan fingerprint density at radius 3 is 2.03 bits per heavy atom. The average Bonchev–Trinajstić information content (AvgIpc) is 2.97. The van der Waals surface area contributed by atoms with Crippen molar-refractivity contribution in [2.24, 2.45) is 0 Å². The van der Waals surface area contributed by atoms with Gasteiger partial charge in [-0.2, -0.15) is 0 Å². The van der Waals surface area contributed by atoms with Gasteiger partial charge in [0.25, 0.3) is 0 Å². The minimum absolute atomic E-state index is 0.576. The molecule has 0 unspecified atom stereocenters. The summed E-state index contributed by atoms with van der Waals surface area (Å²) in [5, 5.41) is 0. The Bertz CT molecular complexity index is 1490. The van der Waals surface area contributed by atoms with Gasteiger partial charge in [-0.3, -0.25) is 0 Å². The summed E-state index contributed by atoms with van der Waals surface area (Å²) in [5.74, 6) is 1.82. The van der Waals surface area contributed by atoms with Gasteiger partial charge < -0.3 is 0 Å². The summed E-state index contributed by atoms with van der Waals surface area (Å²) in [6, 6.07) is 28.6. The minimum Gasteiger partial charge on any atom is -0.208 e. The molecule has 1 aromatic heterocycles. The summed E-state index contributed by atoms with van der Waals surface area (Å²) in [7, 11) is 0. The highest BCUT2D eigenvalue weighted by Crippen LogP contribution is 2.28. The lowest BCUT2D eigenvalue weighted by Crippen LogP contribution is -2.03. The zero-order valence-electron chi connectivity index (χ0n) is 20.1. The minimum atomic E-state index is 0.576. The van der Waals surface area contributed by atoms with Crippen molar-refractivity contribution in [3.8, 4) is 33.9 Å². The van der Waals surface area contributed by atoms with Gasteiger partial charge in [0.15, 0.2) is 17.5 Å². The Balaban J connectivity index is 1.62. The Labute approximate surface area is 212 Å². The third-order valence-corrected chi connectivity index (χ3v) is 6.13. The van der Waals surface area contributed by atoms with Crippen LogP contribution in [-0.2, 0) is 0 Å². The van der Waals surface area contributed by atoms with Gasteiger partial charge in [0, 0.05) is 16.7 Å². The lowest BCUT2D eigenvalue weighted by atomic mass is 9.96. The maximum absolute atomic E-state index is 4.90. The van der Waals surface area contributed by atoms with Crippen LogP contribution in [0, 0.1) is 0 Å². The van der Waals surface area contributed by atoms with E-state index >= 15 is 0 Å². The monoisotopic (exact) mass is 465 g/mol. The van der Waals surface area contributed by atoms with E-state index in [0.29, 0.717) is 17.5 Å². The Morgan fingerprint density at radius 1 is 0.722 bits per heavy atom. The second-order valence-electron chi connectivity index (χ2n) is 8.61. The molecule has 0 saturated heterocycles. The van der Waals surface area contributed by atoms with E-state index in [-0.39, 0.29) is 0 Å². The van der Waals surface area contributed by atoms with E-state index in [0.717, 1.165) is 46.2 Å². The molecule has 0 bridgehead atoms. The molecule has 3 heteroatoms. The summed E-state index contributed by atoms with van der Waals surface area (Å²) in [4.78, 5) is 14.6. The lowest BCUT2D eigenvalue weighted by molar-refractivity contribution is 0.979. The molecule has 1 heterocycles. The smallest absolute Gasteiger partial charge is 0.164 e. The fourth-order valence-corrected chi connectivity index (χ4v) is 4.18. The lowest BCUT2D eigenvalue weighted by Gasteiger charge is -2.12. The molecule has 0 aliphatic heterocycles. The second-order valence-corrected chi connectivity index (χ2v) is 8.61. The number of benzene rings is 3. The predicted octanol–water partition coefficient (Wildman–Crippen LogP) is 8.27. The molecule has 0 saturated carbocycles. The second kappa shape index (κ2) is 10.7. The number of hydrogen-bond donors (Lipinski definition) is 0. The van der Waals surface area contributed by atoms with Crippen LogP contribution in [0.1, 0.15) is 18.7 Å². The molecular weight excluding hydrogens is 438 g/mol. The number of hydrogen-bond acceptors (Lipinski definition) is 3. The van der Waals surface area contributed by atoms with Gasteiger partial charge in [0.1, 0.15) is 0 Å². The van der Waals surface area contributed by atoms with Gasteiger partial charge in [-0.25, -0.2) is 15.0 Å². The Morgan fingerprint density at radius 2 is 1.36 bits per heavy atom. The molecule has 1 aliphatic carbocycles. The van der Waals surface area contributed by atoms with Gasteiger partial charge in [0.2, 0.25) is 0 Å². The summed E-state index contributed by atoms with van der Waals surface area (Å²) in [5.41, 5.74) is 7.10. The first kappa shape index (κ1) is 23.1. The molecule has 0 atom stereocenters. The quantitative estimate of drug-likeness (QED) is 0.258. The van der Waals surface area contributed by atoms with E-state index in [1.807, 2.05) is 66.7 Å². The van der Waals surface area contributed by atoms with Crippen LogP contribution >= 0.6 is 0 Å². The van der Waals surface area contributed by atoms with Gasteiger partial charge >= 0.3 is 0 Å². The van der Waals surface area contributed by atoms with Crippen LogP contribution in [0.4, 0.5) is 0 Å². The van der Waals surface area contributed by atoms with E-state index in [1.165, 1.54) is 5.57 Å². The molecule has 0 radical (unpaired) electrons. The van der Waals surface area contributed by atoms with Gasteiger partial charge in [-0.05, 0) is 47.3 Å². The summed E-state index contributed by atoms with van der Waals surface area (Å²) < 4.78 is 0. The third-order valence-electron chi connectivity index (χ3n) is 6.13. The van der Waals surface area contributed by atoms with E-state index in [1.54, 1.807) is 6.08 Å². The standard InChI is InChI=1S/C33H27N3/c1-3-25(22-24(2)26-14-7-4-8-15-26)31-34-32(28-18-11-6-12-19-28)36-33(35-31)30-21-13-20-29(23-30)27-16-9-5-10-17-27/h3-7,9-14,16-23H,1-2,8,15H2/b25-22+. The molecule has 0 N–H and O–H groups in total. The molecule has 3 aromatic carbocycles. The molecular formula is C33H27N3. The van der Waals surface area contributed by atoms with Crippen molar-refractivity contribution >= 4 is 5.57 Å². The van der Waals surface area contributed by atoms with Crippen LogP contribution in [-0.4, -0.2) is 15.0 Å². The molecule has 0 fully saturated rings. The maximum atomic E-state index is 4.90. The molecule has 0 spiro atoms. The van der Waals surface area contributed by atoms with Crippen LogP contribution in [0.5, 0.6) is 0 Å². The highest BCUT2D eigenvalue weighted by atomic mass is 15.0. The molecule has 174 valence electrons. The van der Waals surface area contributed by atoms with Gasteiger partial charge in [-0.1, -0.05) is 116 Å². The van der Waals surface area contributed by atoms with Gasteiger partial charge in [-0.15, -0.1) is 0 Å². The van der Waals surface area contributed by atoms with Crippen molar-refractivity contribution in [2.75, 3.05) is 0 Å². The van der Waals surface area contributed by atoms with Crippen molar-refractivity contribution in [1.29, 1.82) is 0 Å². The van der Waals surface area contributed by atoms with Crippen LogP contribution in [0.2, 0.25) is 0 Å². The summed E-state index contributed by atoms with van der Waals surface area (Å²) in [6.45, 7) is 8.35. The highest BCUT2D eigenvalue weighted by Gasteiger charge is 2.14. The number of allylic oxidation sites excluding steroid dienone is 8. The molecule has 3 nitrogen and oxygen atoms in total. The molecule has 5 rings (SSSR count). The number of nitrogens with zero attached hydrogens (tertiary/aromatic N) is 3. The summed E-state index contributed by atoms with van der Waals surface area (Å²) in [6.07, 6.45) is 12.2. The molecule has 1 aliphatic rings. The SMILES string of the molecule is C=C/C(=C\C(=C)C1=CC=CCC1)c1nc(-c2ccccc2)nc(-c2cccc(-c3ccccc3)c2)n1. The zero-order chi connectivity index (χ0) is 24.7. The van der Waals surface area contributed by atoms with Gasteiger partial charge in [0.05, 0.1) is 0 Å². The van der Waals surface area contributed by atoms with E-state index in [2.05, 4.69) is 55.7 Å². The van der Waals surface area contributed by atoms with Crippen molar-refractivity contribution < 1.29 is 0 Å². The molecule has 36 heavy (non-hydrogen) atoms. The fraction of sp³-hybridized carbons (Fsp3) is 0.0606. The summed E-state index contributed by atoms with van der Waals surface area (Å²) >= 11 is 0. The van der Waals surface area contributed by atoms with E-state index in [4.69, 9.17) is 15.0 Å². The van der Waals surface area contributed by atoms with Crippen molar-refractivity contribution in [1.82, 2.24) is 15.0 Å². The largest absolute Gasteiger partial charge is 0.208 e. The number of rotatable bonds is 7. The van der Waals surface area contributed by atoms with Crippen molar-refractivity contribution in [3.05, 3.63) is 145 Å². The topological polar surface area (TPSA) is 38.7 Å². The fourth-order valence-electron chi connectivity index (χ4n) is 4.18. The normalized spacial score (nSPS) is 13.2. The van der Waals surface area contributed by atoms with Crippen LogP contribution < -0.4 is 0 Å². The van der Waals surface area contributed by atoms with Crippen LogP contribution in [0.15, 0.2) is 140 Å². The predicted molar refractivity (Wildman–Crippen MR) is 150 cm³/mol. The Kier molecular flexibility index (Phi) is 6.90. The first-order valence-electron chi connectivity index (χ1n) is 12.1. The van der Waals surface area contributed by atoms with E-state index < -0.39 is 0 Å². The third kappa shape index (κ3) is 5.21. The maximum Gasteiger partial charge on any atom is 0.164 e. The number of aromatic nitrogens is 3. The average molecular weight is 466 g/mol. The molecule has 4 aromatic rings. The zero-order valence-corrected chi connectivity index (χ0v) is 20.1. The Hall–Kier alpha value is -4.63. The molecule has 0 amide bonds.